The summed E-state index contributed by atoms with van der Waals surface area (Å²) in [5, 5.41) is 0. The Labute approximate surface area is 195 Å². The third kappa shape index (κ3) is 3.59. The number of benzene rings is 1. The number of fused-ring (bicyclic) bond motifs is 2. The number of ether oxygens (including phenoxy) is 1. The fraction of sp³-hybridized carbons (Fsp3) is 0.261. The van der Waals surface area contributed by atoms with Crippen LogP contribution in [0.2, 0.25) is 0 Å². The van der Waals surface area contributed by atoms with Crippen molar-refractivity contribution in [2.75, 3.05) is 10.8 Å². The molecular formula is C23H21N3O5S2. The lowest BCUT2D eigenvalue weighted by Gasteiger charge is -2.35. The number of aryl methyl sites for hydroxylation is 1. The number of amides is 2. The predicted octanol–water partition coefficient (Wildman–Crippen LogP) is 3.61. The summed E-state index contributed by atoms with van der Waals surface area (Å²) in [6.45, 7) is 4.06. The van der Waals surface area contributed by atoms with Crippen LogP contribution in [0, 0.1) is 6.92 Å². The molecule has 2 aromatic heterocycles. The summed E-state index contributed by atoms with van der Waals surface area (Å²) in [5.41, 5.74) is 1.83. The minimum atomic E-state index is -3.86. The predicted molar refractivity (Wildman–Crippen MR) is 123 cm³/mol. The molecule has 0 saturated carbocycles. The smallest absolute Gasteiger partial charge is 0.280 e. The molecule has 1 aromatic carbocycles. The fourth-order valence-electron chi connectivity index (χ4n) is 3.97. The second-order valence-electron chi connectivity index (χ2n) is 7.97. The van der Waals surface area contributed by atoms with Gasteiger partial charge in [0.05, 0.1) is 24.3 Å². The van der Waals surface area contributed by atoms with E-state index < -0.39 is 21.8 Å². The Kier molecular flexibility index (Phi) is 5.21. The zero-order chi connectivity index (χ0) is 23.3. The largest absolute Gasteiger partial charge is 0.486 e. The molecule has 0 radical (unpaired) electrons. The highest BCUT2D eigenvalue weighted by Gasteiger charge is 2.38. The number of hydrogen-bond acceptors (Lipinski definition) is 7. The van der Waals surface area contributed by atoms with Gasteiger partial charge in [-0.3, -0.25) is 23.8 Å². The van der Waals surface area contributed by atoms with Gasteiger partial charge in [-0.25, -0.2) is 8.42 Å². The van der Waals surface area contributed by atoms with E-state index in [0.29, 0.717) is 22.7 Å². The zero-order valence-electron chi connectivity index (χ0n) is 18.0. The van der Waals surface area contributed by atoms with E-state index in [4.69, 9.17) is 4.74 Å². The Morgan fingerprint density at radius 3 is 2.73 bits per heavy atom. The van der Waals surface area contributed by atoms with Crippen molar-refractivity contribution in [3.05, 3.63) is 70.4 Å². The van der Waals surface area contributed by atoms with Gasteiger partial charge in [-0.2, -0.15) is 0 Å². The molecule has 0 bridgehead atoms. The van der Waals surface area contributed by atoms with E-state index in [1.54, 1.807) is 30.3 Å². The second kappa shape index (κ2) is 7.96. The van der Waals surface area contributed by atoms with Crippen LogP contribution in [0.5, 0.6) is 5.75 Å². The number of pyridine rings is 1. The molecule has 5 rings (SSSR count). The minimum Gasteiger partial charge on any atom is -0.486 e. The van der Waals surface area contributed by atoms with Crippen LogP contribution in [0.15, 0.2) is 52.9 Å². The quantitative estimate of drug-likeness (QED) is 0.515. The first-order valence-corrected chi connectivity index (χ1v) is 12.7. The van der Waals surface area contributed by atoms with E-state index in [1.165, 1.54) is 16.6 Å². The molecule has 3 aromatic rings. The maximum absolute atomic E-state index is 13.6. The first-order chi connectivity index (χ1) is 15.8. The van der Waals surface area contributed by atoms with Gasteiger partial charge >= 0.3 is 0 Å². The van der Waals surface area contributed by atoms with Gasteiger partial charge in [0.25, 0.3) is 21.8 Å². The monoisotopic (exact) mass is 483 g/mol. The summed E-state index contributed by atoms with van der Waals surface area (Å²) >= 11 is 1.05. The van der Waals surface area contributed by atoms with E-state index in [9.17, 15) is 18.0 Å². The molecule has 0 spiro atoms. The number of sulfonamides is 1. The van der Waals surface area contributed by atoms with E-state index in [1.807, 2.05) is 19.9 Å². The number of anilines is 1. The molecule has 2 aliphatic rings. The van der Waals surface area contributed by atoms with Crippen LogP contribution >= 0.6 is 11.3 Å². The summed E-state index contributed by atoms with van der Waals surface area (Å²) in [4.78, 5) is 30.9. The van der Waals surface area contributed by atoms with Crippen LogP contribution < -0.4 is 9.04 Å². The molecule has 0 N–H and O–H groups in total. The molecule has 0 aliphatic carbocycles. The Morgan fingerprint density at radius 1 is 1.15 bits per heavy atom. The van der Waals surface area contributed by atoms with Gasteiger partial charge in [-0.05, 0) is 55.3 Å². The third-order valence-electron chi connectivity index (χ3n) is 5.73. The van der Waals surface area contributed by atoms with Gasteiger partial charge in [0, 0.05) is 11.1 Å². The highest BCUT2D eigenvalue weighted by molar-refractivity contribution is 7.94. The van der Waals surface area contributed by atoms with Gasteiger partial charge in [-0.15, -0.1) is 11.3 Å². The molecule has 1 atom stereocenters. The summed E-state index contributed by atoms with van der Waals surface area (Å²) in [6.07, 6.45) is 1.89. The van der Waals surface area contributed by atoms with Crippen molar-refractivity contribution in [2.45, 2.75) is 37.1 Å². The highest BCUT2D eigenvalue weighted by Crippen LogP contribution is 2.39. The minimum absolute atomic E-state index is 0.00932. The molecule has 0 fully saturated rings. The van der Waals surface area contributed by atoms with Gasteiger partial charge in [0.1, 0.15) is 21.8 Å². The lowest BCUT2D eigenvalue weighted by molar-refractivity contribution is 0.0642. The number of rotatable bonds is 5. The van der Waals surface area contributed by atoms with Crippen molar-refractivity contribution in [3.63, 3.8) is 0 Å². The lowest BCUT2D eigenvalue weighted by atomic mass is 10.1. The van der Waals surface area contributed by atoms with E-state index in [-0.39, 0.29) is 34.7 Å². The number of imide groups is 1. The molecule has 0 unspecified atom stereocenters. The second-order valence-corrected chi connectivity index (χ2v) is 11.2. The number of thiophene rings is 1. The average Bonchev–Trinajstić information content (AvgIpc) is 3.38. The standard InChI is InChI=1S/C23H21N3O5S2/c1-3-15-12-26(18-11-14(2)6-8-19(18)31-15)33(29,30)20-9-7-16(32-20)13-25-22(27)17-5-4-10-24-21(17)23(25)28/h4-11,15H,3,12-13H2,1-2H3/t15-/m1/s1. The van der Waals surface area contributed by atoms with Crippen molar-refractivity contribution in [2.24, 2.45) is 0 Å². The molecule has 8 nitrogen and oxygen atoms in total. The Bertz CT molecular complexity index is 1350. The van der Waals surface area contributed by atoms with E-state index in [0.717, 1.165) is 21.8 Å². The molecule has 170 valence electrons. The maximum atomic E-state index is 13.6. The van der Waals surface area contributed by atoms with Crippen LogP contribution in [-0.4, -0.2) is 42.8 Å². The normalized spacial score (nSPS) is 17.7. The maximum Gasteiger partial charge on any atom is 0.280 e. The number of nitrogens with zero attached hydrogens (tertiary/aromatic N) is 3. The average molecular weight is 484 g/mol. The van der Waals surface area contributed by atoms with Crippen molar-refractivity contribution < 1.29 is 22.7 Å². The topological polar surface area (TPSA) is 96.9 Å². The number of aromatic nitrogens is 1. The van der Waals surface area contributed by atoms with Crippen LogP contribution in [0.1, 0.15) is 44.6 Å². The molecule has 4 heterocycles. The molecule has 2 aliphatic heterocycles. The first kappa shape index (κ1) is 21.6. The van der Waals surface area contributed by atoms with E-state index in [2.05, 4.69) is 4.98 Å². The first-order valence-electron chi connectivity index (χ1n) is 10.5. The van der Waals surface area contributed by atoms with Crippen LogP contribution in [-0.2, 0) is 16.6 Å². The molecule has 2 amide bonds. The van der Waals surface area contributed by atoms with Gasteiger partial charge in [0.15, 0.2) is 0 Å². The Balaban J connectivity index is 1.44. The van der Waals surface area contributed by atoms with Crippen molar-refractivity contribution in [3.8, 4) is 5.75 Å². The Hall–Kier alpha value is -3.24. The van der Waals surface area contributed by atoms with Gasteiger partial charge < -0.3 is 4.74 Å². The van der Waals surface area contributed by atoms with E-state index >= 15 is 0 Å². The summed E-state index contributed by atoms with van der Waals surface area (Å²) in [6, 6.07) is 11.8. The molecule has 33 heavy (non-hydrogen) atoms. The van der Waals surface area contributed by atoms with Gasteiger partial charge in [0.2, 0.25) is 0 Å². The van der Waals surface area contributed by atoms with Crippen molar-refractivity contribution >= 4 is 38.9 Å². The third-order valence-corrected chi connectivity index (χ3v) is 9.04. The van der Waals surface area contributed by atoms with Gasteiger partial charge in [-0.1, -0.05) is 13.0 Å². The molecule has 0 saturated heterocycles. The van der Waals surface area contributed by atoms with Crippen LogP contribution in [0.4, 0.5) is 5.69 Å². The highest BCUT2D eigenvalue weighted by atomic mass is 32.2. The summed E-state index contributed by atoms with van der Waals surface area (Å²) < 4.78 is 34.7. The fourth-order valence-corrected chi connectivity index (χ4v) is 6.92. The number of hydrogen-bond donors (Lipinski definition) is 0. The van der Waals surface area contributed by atoms with Crippen LogP contribution in [0.3, 0.4) is 0 Å². The van der Waals surface area contributed by atoms with Crippen molar-refractivity contribution in [1.82, 2.24) is 9.88 Å². The SMILES string of the molecule is CC[C@@H]1CN(S(=O)(=O)c2ccc(CN3C(=O)c4cccnc4C3=O)s2)c2cc(C)ccc2O1. The summed E-state index contributed by atoms with van der Waals surface area (Å²) in [7, 11) is -3.86. The Morgan fingerprint density at radius 2 is 1.97 bits per heavy atom. The lowest BCUT2D eigenvalue weighted by Crippen LogP contribution is -2.43. The number of carbonyl (C=O) groups excluding carboxylic acids is 2. The van der Waals surface area contributed by atoms with Crippen LogP contribution in [0.25, 0.3) is 0 Å². The summed E-state index contributed by atoms with van der Waals surface area (Å²) in [5.74, 6) is -0.362. The number of carbonyl (C=O) groups is 2. The molecular weight excluding hydrogens is 462 g/mol. The zero-order valence-corrected chi connectivity index (χ0v) is 19.6. The molecule has 10 heteroatoms. The van der Waals surface area contributed by atoms with Crippen molar-refractivity contribution in [1.29, 1.82) is 0 Å².